The van der Waals surface area contributed by atoms with E-state index in [1.807, 2.05) is 11.7 Å². The van der Waals surface area contributed by atoms with Gasteiger partial charge in [0.1, 0.15) is 11.5 Å². The molecule has 2 aromatic heterocycles. The molecule has 0 saturated carbocycles. The van der Waals surface area contributed by atoms with Gasteiger partial charge >= 0.3 is 0 Å². The van der Waals surface area contributed by atoms with E-state index in [2.05, 4.69) is 27.9 Å². The average Bonchev–Trinajstić information content (AvgIpc) is 2.84. The zero-order valence-corrected chi connectivity index (χ0v) is 8.77. The predicted octanol–water partition coefficient (Wildman–Crippen LogP) is 2.12. The highest BCUT2D eigenvalue weighted by Gasteiger charge is 2.21. The van der Waals surface area contributed by atoms with Gasteiger partial charge in [0.2, 0.25) is 0 Å². The van der Waals surface area contributed by atoms with E-state index in [9.17, 15) is 0 Å². The first kappa shape index (κ1) is 8.05. The normalized spacial score (nSPS) is 14.1. The van der Waals surface area contributed by atoms with Crippen LogP contribution in [0.4, 0.5) is 5.82 Å². The number of rotatable bonds is 1. The Morgan fingerprint density at radius 3 is 3.29 bits per heavy atom. The van der Waals surface area contributed by atoms with Gasteiger partial charge in [0.05, 0.1) is 4.88 Å². The van der Waals surface area contributed by atoms with Crippen LogP contribution in [0.25, 0.3) is 10.6 Å². The fraction of sp³-hybridized carbons (Fsp3) is 0.300. The van der Waals surface area contributed by atoms with Crippen LogP contribution in [0.5, 0.6) is 0 Å². The first-order valence-electron chi connectivity index (χ1n) is 4.70. The quantitative estimate of drug-likeness (QED) is 0.772. The fourth-order valence-corrected chi connectivity index (χ4v) is 2.68. The highest BCUT2D eigenvalue weighted by atomic mass is 32.1. The zero-order chi connectivity index (χ0) is 9.54. The summed E-state index contributed by atoms with van der Waals surface area (Å²) in [5.74, 6) is 1.19. The van der Waals surface area contributed by atoms with Gasteiger partial charge in [0.25, 0.3) is 0 Å². The van der Waals surface area contributed by atoms with Crippen molar-refractivity contribution < 1.29 is 0 Å². The van der Waals surface area contributed by atoms with Crippen LogP contribution >= 0.6 is 11.3 Å². The van der Waals surface area contributed by atoms with Gasteiger partial charge in [0.15, 0.2) is 0 Å². The Balaban J connectivity index is 2.20. The van der Waals surface area contributed by atoms with E-state index in [1.54, 1.807) is 11.3 Å². The summed E-state index contributed by atoms with van der Waals surface area (Å²) >= 11 is 1.75. The van der Waals surface area contributed by atoms with Crippen molar-refractivity contribution in [2.45, 2.75) is 6.42 Å². The van der Waals surface area contributed by atoms with Gasteiger partial charge in [-0.1, -0.05) is 6.07 Å². The van der Waals surface area contributed by atoms with Gasteiger partial charge < -0.3 is 5.32 Å². The minimum atomic E-state index is 1.04. The third kappa shape index (κ3) is 1.00. The summed E-state index contributed by atoms with van der Waals surface area (Å²) < 4.78 is 1.94. The molecule has 1 N–H and O–H groups in total. The molecule has 0 radical (unpaired) electrons. The van der Waals surface area contributed by atoms with Gasteiger partial charge in [-0.3, -0.25) is 4.68 Å². The lowest BCUT2D eigenvalue weighted by molar-refractivity contribution is 0.776. The molecule has 0 aliphatic carbocycles. The summed E-state index contributed by atoms with van der Waals surface area (Å²) in [5.41, 5.74) is 2.53. The van der Waals surface area contributed by atoms with Crippen LogP contribution < -0.4 is 5.32 Å². The van der Waals surface area contributed by atoms with E-state index < -0.39 is 0 Å². The monoisotopic (exact) mass is 205 g/mol. The van der Waals surface area contributed by atoms with Gasteiger partial charge in [-0.25, -0.2) is 0 Å². The Morgan fingerprint density at radius 2 is 2.50 bits per heavy atom. The van der Waals surface area contributed by atoms with Crippen LogP contribution in [0.15, 0.2) is 17.5 Å². The summed E-state index contributed by atoms with van der Waals surface area (Å²) in [6.07, 6.45) is 1.09. The van der Waals surface area contributed by atoms with E-state index in [0.29, 0.717) is 0 Å². The van der Waals surface area contributed by atoms with E-state index in [-0.39, 0.29) is 0 Å². The molecule has 2 aromatic rings. The number of fused-ring (bicyclic) bond motifs is 1. The smallest absolute Gasteiger partial charge is 0.127 e. The summed E-state index contributed by atoms with van der Waals surface area (Å²) in [6, 6.07) is 4.20. The molecule has 0 bridgehead atoms. The summed E-state index contributed by atoms with van der Waals surface area (Å²) in [5, 5.41) is 9.99. The summed E-state index contributed by atoms with van der Waals surface area (Å²) in [7, 11) is 1.99. The number of nitrogens with zero attached hydrogens (tertiary/aromatic N) is 2. The molecule has 3 rings (SSSR count). The molecule has 0 atom stereocenters. The Kier molecular flexibility index (Phi) is 1.64. The van der Waals surface area contributed by atoms with Crippen molar-refractivity contribution in [2.75, 3.05) is 11.9 Å². The SMILES string of the molecule is Cn1nc(-c2cccs2)c2c1NCC2. The summed E-state index contributed by atoms with van der Waals surface area (Å²) in [6.45, 7) is 1.04. The number of aryl methyl sites for hydroxylation is 1. The standard InChI is InChI=1S/C10H11N3S/c1-13-10-7(4-5-11-10)9(12-13)8-3-2-6-14-8/h2-3,6,11H,4-5H2,1H3. The van der Waals surface area contributed by atoms with Gasteiger partial charge in [-0.05, 0) is 17.9 Å². The van der Waals surface area contributed by atoms with E-state index in [4.69, 9.17) is 0 Å². The second kappa shape index (κ2) is 2.85. The Bertz CT molecular complexity index is 456. The van der Waals surface area contributed by atoms with Crippen LogP contribution in [0.3, 0.4) is 0 Å². The first-order valence-corrected chi connectivity index (χ1v) is 5.58. The molecule has 0 saturated heterocycles. The van der Waals surface area contributed by atoms with Crippen molar-refractivity contribution >= 4 is 17.2 Å². The minimum Gasteiger partial charge on any atom is -0.370 e. The molecule has 4 heteroatoms. The fourth-order valence-electron chi connectivity index (χ4n) is 1.94. The molecule has 0 amide bonds. The third-order valence-electron chi connectivity index (χ3n) is 2.57. The highest BCUT2D eigenvalue weighted by molar-refractivity contribution is 7.13. The second-order valence-corrected chi connectivity index (χ2v) is 4.40. The molecule has 3 nitrogen and oxygen atoms in total. The lowest BCUT2D eigenvalue weighted by atomic mass is 10.2. The topological polar surface area (TPSA) is 29.9 Å². The van der Waals surface area contributed by atoms with Gasteiger partial charge in [0, 0.05) is 19.2 Å². The van der Waals surface area contributed by atoms with Gasteiger partial charge in [-0.2, -0.15) is 5.10 Å². The first-order chi connectivity index (χ1) is 6.86. The largest absolute Gasteiger partial charge is 0.370 e. The molecule has 0 unspecified atom stereocenters. The maximum Gasteiger partial charge on any atom is 0.127 e. The molecule has 0 fully saturated rings. The number of nitrogens with one attached hydrogen (secondary N) is 1. The maximum absolute atomic E-state index is 4.54. The van der Waals surface area contributed by atoms with Crippen molar-refractivity contribution in [3.8, 4) is 10.6 Å². The van der Waals surface area contributed by atoms with Crippen molar-refractivity contribution in [3.63, 3.8) is 0 Å². The zero-order valence-electron chi connectivity index (χ0n) is 7.95. The molecule has 14 heavy (non-hydrogen) atoms. The number of hydrogen-bond donors (Lipinski definition) is 1. The lowest BCUT2D eigenvalue weighted by Gasteiger charge is -1.96. The van der Waals surface area contributed by atoms with Crippen molar-refractivity contribution in [3.05, 3.63) is 23.1 Å². The van der Waals surface area contributed by atoms with Crippen molar-refractivity contribution in [1.29, 1.82) is 0 Å². The highest BCUT2D eigenvalue weighted by Crippen LogP contribution is 2.34. The third-order valence-corrected chi connectivity index (χ3v) is 3.44. The van der Waals surface area contributed by atoms with E-state index in [1.165, 1.54) is 16.3 Å². The number of hydrogen-bond acceptors (Lipinski definition) is 3. The van der Waals surface area contributed by atoms with Crippen LogP contribution in [0.2, 0.25) is 0 Å². The molecular formula is C10H11N3S. The van der Waals surface area contributed by atoms with Gasteiger partial charge in [-0.15, -0.1) is 11.3 Å². The van der Waals surface area contributed by atoms with E-state index in [0.717, 1.165) is 18.7 Å². The molecule has 1 aliphatic heterocycles. The number of anilines is 1. The van der Waals surface area contributed by atoms with Crippen LogP contribution in [0.1, 0.15) is 5.56 Å². The Morgan fingerprint density at radius 1 is 1.57 bits per heavy atom. The van der Waals surface area contributed by atoms with Crippen LogP contribution in [-0.4, -0.2) is 16.3 Å². The van der Waals surface area contributed by atoms with Crippen molar-refractivity contribution in [2.24, 2.45) is 7.05 Å². The predicted molar refractivity (Wildman–Crippen MR) is 58.7 cm³/mol. The molecular weight excluding hydrogens is 194 g/mol. The lowest BCUT2D eigenvalue weighted by Crippen LogP contribution is -2.01. The number of aromatic nitrogens is 2. The molecule has 0 spiro atoms. The molecule has 3 heterocycles. The Hall–Kier alpha value is -1.29. The number of thiophene rings is 1. The molecule has 1 aliphatic rings. The van der Waals surface area contributed by atoms with Crippen LogP contribution in [-0.2, 0) is 13.5 Å². The Labute approximate surface area is 86.4 Å². The average molecular weight is 205 g/mol. The summed E-state index contributed by atoms with van der Waals surface area (Å²) in [4.78, 5) is 1.27. The molecule has 72 valence electrons. The van der Waals surface area contributed by atoms with Crippen molar-refractivity contribution in [1.82, 2.24) is 9.78 Å². The minimum absolute atomic E-state index is 1.04. The van der Waals surface area contributed by atoms with Crippen LogP contribution in [0, 0.1) is 0 Å². The second-order valence-electron chi connectivity index (χ2n) is 3.45. The van der Waals surface area contributed by atoms with E-state index >= 15 is 0 Å². The maximum atomic E-state index is 4.54. The molecule has 0 aromatic carbocycles.